The van der Waals surface area contributed by atoms with Gasteiger partial charge in [-0.3, -0.25) is 4.79 Å². The number of likely N-dealkylation sites (N-methyl/N-ethyl adjacent to an activating group) is 1. The average Bonchev–Trinajstić information content (AvgIpc) is 2.53. The highest BCUT2D eigenvalue weighted by atomic mass is 16.5. The highest BCUT2D eigenvalue weighted by Crippen LogP contribution is 2.17. The summed E-state index contributed by atoms with van der Waals surface area (Å²) in [6.45, 7) is 8.91. The second kappa shape index (κ2) is 8.11. The number of ether oxygens (including phenoxy) is 1. The Morgan fingerprint density at radius 2 is 1.86 bits per heavy atom. The third-order valence-corrected chi connectivity index (χ3v) is 4.90. The maximum absolute atomic E-state index is 12.3. The Balaban J connectivity index is 1.69. The maximum Gasteiger partial charge on any atom is 0.248 e. The summed E-state index contributed by atoms with van der Waals surface area (Å²) in [7, 11) is 1.93. The van der Waals surface area contributed by atoms with Crippen LogP contribution in [0.15, 0.2) is 0 Å². The van der Waals surface area contributed by atoms with Crippen molar-refractivity contribution in [1.82, 2.24) is 15.1 Å². The second-order valence-corrected chi connectivity index (χ2v) is 6.63. The van der Waals surface area contributed by atoms with Gasteiger partial charge in [-0.25, -0.2) is 0 Å². The third-order valence-electron chi connectivity index (χ3n) is 4.90. The van der Waals surface area contributed by atoms with Crippen molar-refractivity contribution in [2.75, 3.05) is 39.8 Å². The van der Waals surface area contributed by atoms with E-state index in [2.05, 4.69) is 24.1 Å². The van der Waals surface area contributed by atoms with Crippen LogP contribution in [-0.2, 0) is 9.53 Å². The lowest BCUT2D eigenvalue weighted by Crippen LogP contribution is -2.48. The van der Waals surface area contributed by atoms with Gasteiger partial charge < -0.3 is 19.9 Å². The van der Waals surface area contributed by atoms with E-state index in [1.807, 2.05) is 11.9 Å². The van der Waals surface area contributed by atoms with Crippen LogP contribution in [-0.4, -0.2) is 73.7 Å². The van der Waals surface area contributed by atoms with Crippen LogP contribution in [0.25, 0.3) is 0 Å². The minimum absolute atomic E-state index is 0.136. The lowest BCUT2D eigenvalue weighted by atomic mass is 10.0. The van der Waals surface area contributed by atoms with Gasteiger partial charge in [0.2, 0.25) is 5.91 Å². The van der Waals surface area contributed by atoms with Crippen molar-refractivity contribution in [1.29, 1.82) is 0 Å². The molecule has 2 fully saturated rings. The van der Waals surface area contributed by atoms with Crippen LogP contribution in [0.1, 0.15) is 39.5 Å². The Morgan fingerprint density at radius 3 is 2.43 bits per heavy atom. The first-order valence-electron chi connectivity index (χ1n) is 8.40. The predicted molar refractivity (Wildman–Crippen MR) is 84.3 cm³/mol. The normalized spacial score (nSPS) is 22.7. The molecule has 5 nitrogen and oxygen atoms in total. The molecule has 0 radical (unpaired) electrons. The zero-order chi connectivity index (χ0) is 15.2. The molecule has 0 spiro atoms. The largest absolute Gasteiger partial charge is 0.368 e. The lowest BCUT2D eigenvalue weighted by Gasteiger charge is -2.38. The van der Waals surface area contributed by atoms with E-state index in [9.17, 15) is 4.79 Å². The van der Waals surface area contributed by atoms with Crippen molar-refractivity contribution in [3.05, 3.63) is 0 Å². The van der Waals surface area contributed by atoms with E-state index < -0.39 is 0 Å². The zero-order valence-electron chi connectivity index (χ0n) is 13.8. The van der Waals surface area contributed by atoms with Gasteiger partial charge in [0, 0.05) is 32.2 Å². The molecule has 21 heavy (non-hydrogen) atoms. The van der Waals surface area contributed by atoms with Crippen LogP contribution in [0.5, 0.6) is 0 Å². The van der Waals surface area contributed by atoms with Crippen molar-refractivity contribution >= 4 is 5.91 Å². The molecule has 0 saturated carbocycles. The molecule has 2 rings (SSSR count). The molecular formula is C16H31N3O2. The smallest absolute Gasteiger partial charge is 0.248 e. The molecule has 0 aliphatic carbocycles. The molecule has 2 heterocycles. The van der Waals surface area contributed by atoms with Crippen molar-refractivity contribution < 1.29 is 9.53 Å². The number of carbonyl (C=O) groups is 1. The molecule has 0 aromatic heterocycles. The summed E-state index contributed by atoms with van der Waals surface area (Å²) in [6.07, 6.45) is 4.45. The number of piperidine rings is 2. The fraction of sp³-hybridized carbons (Fsp3) is 0.938. The van der Waals surface area contributed by atoms with Gasteiger partial charge in [0.15, 0.2) is 0 Å². The first-order chi connectivity index (χ1) is 10.1. The molecule has 2 saturated heterocycles. The maximum atomic E-state index is 12.3. The number of nitrogens with one attached hydrogen (secondary N) is 1. The Kier molecular flexibility index (Phi) is 6.45. The van der Waals surface area contributed by atoms with Gasteiger partial charge in [0.25, 0.3) is 0 Å². The number of hydrogen-bond donors (Lipinski definition) is 1. The van der Waals surface area contributed by atoms with Crippen LogP contribution < -0.4 is 5.32 Å². The van der Waals surface area contributed by atoms with Crippen LogP contribution >= 0.6 is 0 Å². The van der Waals surface area contributed by atoms with Gasteiger partial charge in [-0.05, 0) is 52.6 Å². The van der Waals surface area contributed by atoms with Gasteiger partial charge in [-0.15, -0.1) is 0 Å². The Bertz CT molecular complexity index is 321. The van der Waals surface area contributed by atoms with Crippen molar-refractivity contribution in [2.45, 2.75) is 57.7 Å². The summed E-state index contributed by atoms with van der Waals surface area (Å²) in [5.74, 6) is 0.136. The van der Waals surface area contributed by atoms with Crippen LogP contribution in [0.3, 0.4) is 0 Å². The topological polar surface area (TPSA) is 44.8 Å². The van der Waals surface area contributed by atoms with Gasteiger partial charge in [0.05, 0.1) is 6.10 Å². The van der Waals surface area contributed by atoms with Crippen LogP contribution in [0, 0.1) is 0 Å². The molecule has 5 heteroatoms. The summed E-state index contributed by atoms with van der Waals surface area (Å²) in [6, 6.07) is 0.985. The first kappa shape index (κ1) is 16.7. The Labute approximate surface area is 129 Å². The number of amides is 1. The van der Waals surface area contributed by atoms with Crippen LogP contribution in [0.2, 0.25) is 0 Å². The van der Waals surface area contributed by atoms with E-state index in [-0.39, 0.29) is 18.6 Å². The van der Waals surface area contributed by atoms with Gasteiger partial charge >= 0.3 is 0 Å². The summed E-state index contributed by atoms with van der Waals surface area (Å²) >= 11 is 0. The molecule has 1 N–H and O–H groups in total. The number of hydrogen-bond acceptors (Lipinski definition) is 4. The highest BCUT2D eigenvalue weighted by molar-refractivity contribution is 5.77. The van der Waals surface area contributed by atoms with Crippen LogP contribution in [0.4, 0.5) is 0 Å². The number of likely N-dealkylation sites (tertiary alicyclic amines) is 1. The number of carbonyl (C=O) groups excluding carboxylic acids is 1. The fourth-order valence-corrected chi connectivity index (χ4v) is 3.25. The van der Waals surface area contributed by atoms with Crippen molar-refractivity contribution in [3.63, 3.8) is 0 Å². The van der Waals surface area contributed by atoms with E-state index in [0.29, 0.717) is 12.1 Å². The second-order valence-electron chi connectivity index (χ2n) is 6.63. The molecule has 1 amide bonds. The molecule has 2 aliphatic heterocycles. The highest BCUT2D eigenvalue weighted by Gasteiger charge is 2.26. The fourth-order valence-electron chi connectivity index (χ4n) is 3.25. The summed E-state index contributed by atoms with van der Waals surface area (Å²) in [5.41, 5.74) is 0. The van der Waals surface area contributed by atoms with E-state index in [4.69, 9.17) is 4.74 Å². The molecule has 0 bridgehead atoms. The summed E-state index contributed by atoms with van der Waals surface area (Å²) in [5, 5.41) is 3.31. The molecule has 2 aliphatic rings. The zero-order valence-corrected chi connectivity index (χ0v) is 13.8. The predicted octanol–water partition coefficient (Wildman–Crippen LogP) is 1.09. The van der Waals surface area contributed by atoms with Gasteiger partial charge in [0.1, 0.15) is 6.61 Å². The number of rotatable bonds is 5. The summed E-state index contributed by atoms with van der Waals surface area (Å²) in [4.78, 5) is 16.7. The monoisotopic (exact) mass is 297 g/mol. The van der Waals surface area contributed by atoms with E-state index >= 15 is 0 Å². The molecule has 0 aromatic carbocycles. The van der Waals surface area contributed by atoms with Crippen molar-refractivity contribution in [3.8, 4) is 0 Å². The molecule has 0 unspecified atom stereocenters. The van der Waals surface area contributed by atoms with Crippen molar-refractivity contribution in [2.24, 2.45) is 0 Å². The Morgan fingerprint density at radius 1 is 1.24 bits per heavy atom. The molecule has 122 valence electrons. The SMILES string of the molecule is CC(C)N1CCC(N(C)C(=O)COC2CCNCC2)CC1. The summed E-state index contributed by atoms with van der Waals surface area (Å²) < 4.78 is 5.77. The molecular weight excluding hydrogens is 266 g/mol. The van der Waals surface area contributed by atoms with E-state index in [0.717, 1.165) is 51.9 Å². The Hall–Kier alpha value is -0.650. The standard InChI is InChI=1S/C16H31N3O2/c1-13(2)19-10-6-14(7-11-19)18(3)16(20)12-21-15-4-8-17-9-5-15/h13-15,17H,4-12H2,1-3H3. The van der Waals surface area contributed by atoms with E-state index in [1.165, 1.54) is 0 Å². The average molecular weight is 297 g/mol. The minimum Gasteiger partial charge on any atom is -0.368 e. The lowest BCUT2D eigenvalue weighted by molar-refractivity contribution is -0.140. The number of nitrogens with zero attached hydrogens (tertiary/aromatic N) is 2. The van der Waals surface area contributed by atoms with Gasteiger partial charge in [-0.1, -0.05) is 0 Å². The molecule has 0 atom stereocenters. The van der Waals surface area contributed by atoms with E-state index in [1.54, 1.807) is 0 Å². The molecule has 0 aromatic rings. The van der Waals surface area contributed by atoms with Gasteiger partial charge in [-0.2, -0.15) is 0 Å². The minimum atomic E-state index is 0.136. The quantitative estimate of drug-likeness (QED) is 0.825. The third kappa shape index (κ3) is 4.94. The first-order valence-corrected chi connectivity index (χ1v) is 8.40.